The summed E-state index contributed by atoms with van der Waals surface area (Å²) in [6, 6.07) is 12.1. The molecule has 2 N–H and O–H groups in total. The molecule has 0 unspecified atom stereocenters. The minimum atomic E-state index is -0.406. The topological polar surface area (TPSA) is 111 Å². The Labute approximate surface area is 143 Å². The molecule has 0 amide bonds. The number of aryl methyl sites for hydroxylation is 1. The summed E-state index contributed by atoms with van der Waals surface area (Å²) in [6.07, 6.45) is 1.82. The van der Waals surface area contributed by atoms with Crippen LogP contribution in [0.4, 0.5) is 17.2 Å². The van der Waals surface area contributed by atoms with E-state index in [0.717, 1.165) is 5.69 Å². The summed E-state index contributed by atoms with van der Waals surface area (Å²) in [6.45, 7) is 2.96. The van der Waals surface area contributed by atoms with Crippen LogP contribution < -0.4 is 10.6 Å². The summed E-state index contributed by atoms with van der Waals surface area (Å²) in [5.41, 5.74) is 1.45. The second-order valence-electron chi connectivity index (χ2n) is 5.31. The Morgan fingerprint density at radius 1 is 1.08 bits per heavy atom. The highest BCUT2D eigenvalue weighted by molar-refractivity contribution is 5.61. The number of para-hydroxylation sites is 2. The zero-order valence-electron chi connectivity index (χ0n) is 13.6. The predicted octanol–water partition coefficient (Wildman–Crippen LogP) is 2.40. The van der Waals surface area contributed by atoms with E-state index in [1.54, 1.807) is 22.9 Å². The number of nitrogens with zero attached hydrogens (tertiary/aromatic N) is 5. The number of benzene rings is 1. The van der Waals surface area contributed by atoms with Gasteiger partial charge in [-0.25, -0.2) is 4.68 Å². The third-order valence-electron chi connectivity index (χ3n) is 3.45. The van der Waals surface area contributed by atoms with Gasteiger partial charge in [-0.2, -0.15) is 5.10 Å². The van der Waals surface area contributed by atoms with Crippen molar-refractivity contribution < 1.29 is 4.92 Å². The summed E-state index contributed by atoms with van der Waals surface area (Å²) in [4.78, 5) is 10.5. The number of nitrogens with one attached hydrogen (secondary N) is 2. The summed E-state index contributed by atoms with van der Waals surface area (Å²) in [5, 5.41) is 29.6. The van der Waals surface area contributed by atoms with Crippen LogP contribution in [0.2, 0.25) is 0 Å². The van der Waals surface area contributed by atoms with Crippen LogP contribution in [-0.2, 0) is 0 Å². The maximum atomic E-state index is 11.0. The van der Waals surface area contributed by atoms with Gasteiger partial charge in [-0.3, -0.25) is 10.1 Å². The van der Waals surface area contributed by atoms with Gasteiger partial charge >= 0.3 is 0 Å². The van der Waals surface area contributed by atoms with Gasteiger partial charge in [0.1, 0.15) is 11.5 Å². The van der Waals surface area contributed by atoms with E-state index in [-0.39, 0.29) is 5.69 Å². The molecule has 0 aliphatic rings. The number of rotatable bonds is 7. The van der Waals surface area contributed by atoms with E-state index in [1.165, 1.54) is 6.07 Å². The first-order valence-corrected chi connectivity index (χ1v) is 7.71. The second-order valence-corrected chi connectivity index (χ2v) is 5.31. The summed E-state index contributed by atoms with van der Waals surface area (Å²) in [7, 11) is 0. The molecule has 128 valence electrons. The molecular weight excluding hydrogens is 322 g/mol. The Hall–Kier alpha value is -3.49. The lowest BCUT2D eigenvalue weighted by molar-refractivity contribution is -0.384. The van der Waals surface area contributed by atoms with Gasteiger partial charge in [-0.05, 0) is 31.2 Å². The molecule has 0 saturated carbocycles. The molecule has 0 saturated heterocycles. The van der Waals surface area contributed by atoms with Gasteiger partial charge in [-0.15, -0.1) is 10.2 Å². The van der Waals surface area contributed by atoms with E-state index in [4.69, 9.17) is 0 Å². The highest BCUT2D eigenvalue weighted by Crippen LogP contribution is 2.22. The fourth-order valence-corrected chi connectivity index (χ4v) is 2.25. The SMILES string of the molecule is Cc1ccn(-c2ccc(NCCNc3ccccc3[N+](=O)[O-])nn2)n1. The van der Waals surface area contributed by atoms with E-state index >= 15 is 0 Å². The van der Waals surface area contributed by atoms with Gasteiger partial charge in [-0.1, -0.05) is 12.1 Å². The smallest absolute Gasteiger partial charge is 0.292 e. The molecule has 2 heterocycles. The Kier molecular flexibility index (Phi) is 4.84. The maximum absolute atomic E-state index is 11.0. The fourth-order valence-electron chi connectivity index (χ4n) is 2.25. The van der Waals surface area contributed by atoms with Gasteiger partial charge in [0.15, 0.2) is 5.82 Å². The zero-order valence-corrected chi connectivity index (χ0v) is 13.6. The number of nitro benzene ring substituents is 1. The summed E-state index contributed by atoms with van der Waals surface area (Å²) < 4.78 is 1.65. The minimum absolute atomic E-state index is 0.0566. The molecular formula is C16H17N7O2. The highest BCUT2D eigenvalue weighted by Gasteiger charge is 2.11. The molecule has 3 aromatic rings. The maximum Gasteiger partial charge on any atom is 0.292 e. The van der Waals surface area contributed by atoms with Gasteiger partial charge in [0, 0.05) is 25.4 Å². The monoisotopic (exact) mass is 339 g/mol. The average Bonchev–Trinajstić information content (AvgIpc) is 3.06. The lowest BCUT2D eigenvalue weighted by Crippen LogP contribution is -2.15. The first kappa shape index (κ1) is 16.4. The Morgan fingerprint density at radius 2 is 1.88 bits per heavy atom. The molecule has 0 atom stereocenters. The van der Waals surface area contributed by atoms with Crippen molar-refractivity contribution in [2.45, 2.75) is 6.92 Å². The molecule has 3 rings (SSSR count). The largest absolute Gasteiger partial charge is 0.378 e. The van der Waals surface area contributed by atoms with Gasteiger partial charge < -0.3 is 10.6 Å². The van der Waals surface area contributed by atoms with Gasteiger partial charge in [0.05, 0.1) is 10.6 Å². The summed E-state index contributed by atoms with van der Waals surface area (Å²) in [5.74, 6) is 1.26. The number of hydrogen-bond donors (Lipinski definition) is 2. The molecule has 0 aliphatic carbocycles. The molecule has 0 spiro atoms. The Balaban J connectivity index is 1.52. The third-order valence-corrected chi connectivity index (χ3v) is 3.45. The van der Waals surface area contributed by atoms with Crippen molar-refractivity contribution in [1.29, 1.82) is 0 Å². The van der Waals surface area contributed by atoms with Crippen LogP contribution in [0.3, 0.4) is 0 Å². The molecule has 0 aliphatic heterocycles. The van der Waals surface area contributed by atoms with Gasteiger partial charge in [0.2, 0.25) is 0 Å². The highest BCUT2D eigenvalue weighted by atomic mass is 16.6. The summed E-state index contributed by atoms with van der Waals surface area (Å²) >= 11 is 0. The van der Waals surface area contributed by atoms with Crippen LogP contribution in [0.25, 0.3) is 5.82 Å². The normalized spacial score (nSPS) is 10.4. The van der Waals surface area contributed by atoms with Crippen molar-refractivity contribution in [2.75, 3.05) is 23.7 Å². The molecule has 9 heteroatoms. The molecule has 1 aromatic carbocycles. The number of anilines is 2. The van der Waals surface area contributed by atoms with Crippen molar-refractivity contribution in [3.63, 3.8) is 0 Å². The predicted molar refractivity (Wildman–Crippen MR) is 94.0 cm³/mol. The van der Waals surface area contributed by atoms with Crippen LogP contribution in [0, 0.1) is 17.0 Å². The molecule has 25 heavy (non-hydrogen) atoms. The number of nitro groups is 1. The van der Waals surface area contributed by atoms with E-state index < -0.39 is 4.92 Å². The molecule has 2 aromatic heterocycles. The molecule has 0 bridgehead atoms. The number of aromatic nitrogens is 4. The second kappa shape index (κ2) is 7.39. The van der Waals surface area contributed by atoms with Crippen molar-refractivity contribution in [3.8, 4) is 5.82 Å². The molecule has 0 fully saturated rings. The molecule has 0 radical (unpaired) electrons. The van der Waals surface area contributed by atoms with Crippen LogP contribution in [0.5, 0.6) is 0 Å². The van der Waals surface area contributed by atoms with E-state index in [0.29, 0.717) is 30.4 Å². The van der Waals surface area contributed by atoms with Crippen LogP contribution in [-0.4, -0.2) is 38.0 Å². The lowest BCUT2D eigenvalue weighted by atomic mass is 10.2. The van der Waals surface area contributed by atoms with Crippen molar-refractivity contribution in [3.05, 3.63) is 64.5 Å². The standard InChI is InChI=1S/C16H17N7O2/c1-12-8-11-22(21-12)16-7-6-15(19-20-16)18-10-9-17-13-4-2-3-5-14(13)23(24)25/h2-8,11,17H,9-10H2,1H3,(H,18,19). The van der Waals surface area contributed by atoms with Crippen molar-refractivity contribution in [1.82, 2.24) is 20.0 Å². The average molecular weight is 339 g/mol. The first-order chi connectivity index (χ1) is 12.1. The van der Waals surface area contributed by atoms with E-state index in [1.807, 2.05) is 31.3 Å². The third kappa shape index (κ3) is 4.08. The quantitative estimate of drug-likeness (QED) is 0.386. The van der Waals surface area contributed by atoms with Gasteiger partial charge in [0.25, 0.3) is 5.69 Å². The van der Waals surface area contributed by atoms with Crippen LogP contribution in [0.15, 0.2) is 48.7 Å². The fraction of sp³-hybridized carbons (Fsp3) is 0.188. The number of hydrogen-bond acceptors (Lipinski definition) is 7. The first-order valence-electron chi connectivity index (χ1n) is 7.71. The minimum Gasteiger partial charge on any atom is -0.378 e. The van der Waals surface area contributed by atoms with Crippen molar-refractivity contribution >= 4 is 17.2 Å². The van der Waals surface area contributed by atoms with Crippen molar-refractivity contribution in [2.24, 2.45) is 0 Å². The lowest BCUT2D eigenvalue weighted by Gasteiger charge is -2.08. The van der Waals surface area contributed by atoms with E-state index in [2.05, 4.69) is 25.9 Å². The van der Waals surface area contributed by atoms with Crippen LogP contribution >= 0.6 is 0 Å². The molecule has 9 nitrogen and oxygen atoms in total. The Morgan fingerprint density at radius 3 is 2.56 bits per heavy atom. The van der Waals surface area contributed by atoms with E-state index in [9.17, 15) is 10.1 Å². The zero-order chi connectivity index (χ0) is 17.6. The van der Waals surface area contributed by atoms with Crippen LogP contribution in [0.1, 0.15) is 5.69 Å². The Bertz CT molecular complexity index is 861.